The molecule has 1 N–H and O–H groups in total. The van der Waals surface area contributed by atoms with Crippen LogP contribution in [0, 0.1) is 0 Å². The van der Waals surface area contributed by atoms with Crippen LogP contribution in [0.25, 0.3) is 0 Å². The first-order valence-corrected chi connectivity index (χ1v) is 8.83. The lowest BCUT2D eigenvalue weighted by Crippen LogP contribution is -2.47. The normalized spacial score (nSPS) is 28.1. The second kappa shape index (κ2) is 6.86. The summed E-state index contributed by atoms with van der Waals surface area (Å²) in [6, 6.07) is 7.81. The van der Waals surface area contributed by atoms with Crippen molar-refractivity contribution in [2.75, 3.05) is 20.2 Å². The van der Waals surface area contributed by atoms with Crippen LogP contribution in [0.3, 0.4) is 0 Å². The van der Waals surface area contributed by atoms with Gasteiger partial charge >= 0.3 is 0 Å². The number of piperidine rings is 1. The molecule has 2 atom stereocenters. The number of nitrogens with one attached hydrogen (secondary N) is 1. The van der Waals surface area contributed by atoms with Crippen LogP contribution in [-0.2, 0) is 0 Å². The zero-order chi connectivity index (χ0) is 14.8. The minimum Gasteiger partial charge on any atom is -0.491 e. The van der Waals surface area contributed by atoms with Gasteiger partial charge in [0.15, 0.2) is 0 Å². The second-order valence-corrected chi connectivity index (χ2v) is 7.46. The largest absolute Gasteiger partial charge is 0.491 e. The molecule has 2 saturated heterocycles. The minimum atomic E-state index is 0.695. The average Bonchev–Trinajstić information content (AvgIpc) is 2.79. The van der Waals surface area contributed by atoms with Gasteiger partial charge in [-0.15, -0.1) is 0 Å². The van der Waals surface area contributed by atoms with Crippen LogP contribution in [-0.4, -0.2) is 43.2 Å². The van der Waals surface area contributed by atoms with Crippen molar-refractivity contribution in [2.45, 2.75) is 43.8 Å². The molecule has 21 heavy (non-hydrogen) atoms. The monoisotopic (exact) mass is 372 g/mol. The molecule has 1 aromatic carbocycles. The average molecular weight is 374 g/mol. The highest BCUT2D eigenvalue weighted by Crippen LogP contribution is 2.30. The number of hydrogen-bond acceptors (Lipinski definition) is 3. The summed E-state index contributed by atoms with van der Waals surface area (Å²) in [5, 5.41) is 4.41. The summed E-state index contributed by atoms with van der Waals surface area (Å²) in [5.74, 6) is 0.859. The molecule has 2 aliphatic rings. The molecule has 0 aliphatic carbocycles. The molecule has 2 fully saturated rings. The Balaban J connectivity index is 1.46. The van der Waals surface area contributed by atoms with Gasteiger partial charge in [0, 0.05) is 29.7 Å². The number of rotatable bonds is 5. The summed E-state index contributed by atoms with van der Waals surface area (Å²) >= 11 is 9.42. The third-order valence-corrected chi connectivity index (χ3v) is 5.52. The maximum atomic E-state index is 5.94. The van der Waals surface area contributed by atoms with Crippen molar-refractivity contribution in [1.29, 1.82) is 0 Å². The van der Waals surface area contributed by atoms with Crippen molar-refractivity contribution in [3.8, 4) is 5.75 Å². The molecule has 5 heteroatoms. The van der Waals surface area contributed by atoms with E-state index in [1.54, 1.807) is 0 Å². The Kier molecular flexibility index (Phi) is 5.10. The second-order valence-electron chi connectivity index (χ2n) is 6.17. The standard InChI is InChI=1S/C16H22BrClN2O/c1-20(14-9-12-3-4-13(10-14)19-12)6-7-21-16-5-2-11(18)8-15(16)17/h2,5,8,12-14,19H,3-4,6-7,9-10H2,1H3. The van der Waals surface area contributed by atoms with Crippen LogP contribution in [0.4, 0.5) is 0 Å². The predicted octanol–water partition coefficient (Wildman–Crippen LogP) is 3.70. The molecule has 0 aromatic heterocycles. The van der Waals surface area contributed by atoms with Crippen molar-refractivity contribution >= 4 is 27.5 Å². The first kappa shape index (κ1) is 15.6. The molecule has 1 aromatic rings. The van der Waals surface area contributed by atoms with Gasteiger partial charge in [-0.2, -0.15) is 0 Å². The van der Waals surface area contributed by atoms with Crippen LogP contribution < -0.4 is 10.1 Å². The highest BCUT2D eigenvalue weighted by Gasteiger charge is 2.34. The van der Waals surface area contributed by atoms with E-state index in [2.05, 4.69) is 33.2 Å². The fourth-order valence-electron chi connectivity index (χ4n) is 3.46. The first-order valence-electron chi connectivity index (χ1n) is 7.66. The molecular weight excluding hydrogens is 352 g/mol. The third kappa shape index (κ3) is 3.92. The summed E-state index contributed by atoms with van der Waals surface area (Å²) < 4.78 is 6.77. The lowest BCUT2D eigenvalue weighted by atomic mass is 9.99. The van der Waals surface area contributed by atoms with E-state index in [-0.39, 0.29) is 0 Å². The predicted molar refractivity (Wildman–Crippen MR) is 90.2 cm³/mol. The molecule has 116 valence electrons. The number of likely N-dealkylation sites (N-methyl/N-ethyl adjacent to an activating group) is 1. The molecule has 2 bridgehead atoms. The summed E-state index contributed by atoms with van der Waals surface area (Å²) in [5.41, 5.74) is 0. The Morgan fingerprint density at radius 1 is 1.33 bits per heavy atom. The van der Waals surface area contributed by atoms with Gasteiger partial charge in [-0.25, -0.2) is 0 Å². The molecule has 0 radical (unpaired) electrons. The molecule has 0 amide bonds. The molecular formula is C16H22BrClN2O. The highest BCUT2D eigenvalue weighted by molar-refractivity contribution is 9.10. The molecule has 2 heterocycles. The zero-order valence-corrected chi connectivity index (χ0v) is 14.7. The van der Waals surface area contributed by atoms with Crippen molar-refractivity contribution in [2.24, 2.45) is 0 Å². The molecule has 0 spiro atoms. The maximum Gasteiger partial charge on any atom is 0.133 e. The van der Waals surface area contributed by atoms with E-state index in [0.29, 0.717) is 12.6 Å². The van der Waals surface area contributed by atoms with Gasteiger partial charge < -0.3 is 10.1 Å². The molecule has 0 saturated carbocycles. The van der Waals surface area contributed by atoms with Gasteiger partial charge in [0.25, 0.3) is 0 Å². The quantitative estimate of drug-likeness (QED) is 0.852. The number of ether oxygens (including phenoxy) is 1. The van der Waals surface area contributed by atoms with Crippen LogP contribution in [0.5, 0.6) is 5.75 Å². The van der Waals surface area contributed by atoms with Crippen molar-refractivity contribution in [1.82, 2.24) is 10.2 Å². The van der Waals surface area contributed by atoms with Crippen LogP contribution in [0.2, 0.25) is 5.02 Å². The Bertz CT molecular complexity index is 487. The van der Waals surface area contributed by atoms with Crippen molar-refractivity contribution in [3.05, 3.63) is 27.7 Å². The van der Waals surface area contributed by atoms with Gasteiger partial charge in [-0.3, -0.25) is 4.90 Å². The Morgan fingerprint density at radius 3 is 2.71 bits per heavy atom. The van der Waals surface area contributed by atoms with E-state index in [9.17, 15) is 0 Å². The van der Waals surface area contributed by atoms with Gasteiger partial charge in [0.1, 0.15) is 12.4 Å². The number of hydrogen-bond donors (Lipinski definition) is 1. The topological polar surface area (TPSA) is 24.5 Å². The summed E-state index contributed by atoms with van der Waals surface area (Å²) in [7, 11) is 2.22. The van der Waals surface area contributed by atoms with Crippen molar-refractivity contribution in [3.63, 3.8) is 0 Å². The fourth-order valence-corrected chi connectivity index (χ4v) is 4.26. The molecule has 2 aliphatic heterocycles. The van der Waals surface area contributed by atoms with Gasteiger partial charge in [-0.1, -0.05) is 11.6 Å². The minimum absolute atomic E-state index is 0.695. The number of fused-ring (bicyclic) bond motifs is 2. The summed E-state index contributed by atoms with van der Waals surface area (Å²) in [6.45, 7) is 1.66. The van der Waals surface area contributed by atoms with E-state index >= 15 is 0 Å². The van der Waals surface area contributed by atoms with Gasteiger partial charge in [0.2, 0.25) is 0 Å². The summed E-state index contributed by atoms with van der Waals surface area (Å²) in [4.78, 5) is 2.45. The first-order chi connectivity index (χ1) is 10.1. The lowest BCUT2D eigenvalue weighted by molar-refractivity contribution is 0.147. The zero-order valence-electron chi connectivity index (χ0n) is 12.3. The van der Waals surface area contributed by atoms with E-state index < -0.39 is 0 Å². The third-order valence-electron chi connectivity index (χ3n) is 4.67. The lowest BCUT2D eigenvalue weighted by Gasteiger charge is -2.35. The number of benzene rings is 1. The maximum absolute atomic E-state index is 5.94. The number of halogens is 2. The molecule has 3 rings (SSSR count). The van der Waals surface area contributed by atoms with E-state index in [0.717, 1.165) is 33.9 Å². The van der Waals surface area contributed by atoms with E-state index in [1.807, 2.05) is 18.2 Å². The van der Waals surface area contributed by atoms with Crippen LogP contribution in [0.1, 0.15) is 25.7 Å². The van der Waals surface area contributed by atoms with Crippen molar-refractivity contribution < 1.29 is 4.74 Å². The SMILES string of the molecule is CN(CCOc1ccc(Cl)cc1Br)C1CC2CCC(C1)N2. The number of nitrogens with zero attached hydrogens (tertiary/aromatic N) is 1. The highest BCUT2D eigenvalue weighted by atomic mass is 79.9. The van der Waals surface area contributed by atoms with Gasteiger partial charge in [-0.05, 0) is 66.9 Å². The van der Waals surface area contributed by atoms with Gasteiger partial charge in [0.05, 0.1) is 4.47 Å². The van der Waals surface area contributed by atoms with Crippen LogP contribution in [0.15, 0.2) is 22.7 Å². The molecule has 2 unspecified atom stereocenters. The smallest absolute Gasteiger partial charge is 0.133 e. The Morgan fingerprint density at radius 2 is 2.05 bits per heavy atom. The van der Waals surface area contributed by atoms with E-state index in [4.69, 9.17) is 16.3 Å². The van der Waals surface area contributed by atoms with E-state index in [1.165, 1.54) is 25.7 Å². The molecule has 3 nitrogen and oxygen atoms in total. The Hall–Kier alpha value is -0.290. The fraction of sp³-hybridized carbons (Fsp3) is 0.625. The van der Waals surface area contributed by atoms with Crippen LogP contribution >= 0.6 is 27.5 Å². The summed E-state index contributed by atoms with van der Waals surface area (Å²) in [6.07, 6.45) is 5.25. The Labute approximate surface area is 140 Å².